The maximum Gasteiger partial charge on any atom is 0.337 e. The zero-order valence-electron chi connectivity index (χ0n) is 13.8. The van der Waals surface area contributed by atoms with Gasteiger partial charge >= 0.3 is 5.97 Å². The van der Waals surface area contributed by atoms with Crippen molar-refractivity contribution in [1.82, 2.24) is 15.2 Å². The predicted molar refractivity (Wildman–Crippen MR) is 90.5 cm³/mol. The molecular formula is C17H12F3N5O2. The fraction of sp³-hybridized carbons (Fsp3) is 0.0588. The van der Waals surface area contributed by atoms with Crippen molar-refractivity contribution in [2.75, 3.05) is 17.7 Å². The topological polar surface area (TPSA) is 89.0 Å². The lowest BCUT2D eigenvalue weighted by molar-refractivity contribution is 0.0601. The van der Waals surface area contributed by atoms with Crippen molar-refractivity contribution in [2.45, 2.75) is 0 Å². The quantitative estimate of drug-likeness (QED) is 0.521. The number of esters is 1. The molecule has 2 aromatic carbocycles. The Morgan fingerprint density at radius 1 is 1.00 bits per heavy atom. The third-order valence-electron chi connectivity index (χ3n) is 3.42. The average Bonchev–Trinajstić information content (AvgIpc) is 2.69. The van der Waals surface area contributed by atoms with Gasteiger partial charge in [-0.05, 0) is 36.4 Å². The van der Waals surface area contributed by atoms with Gasteiger partial charge in [0.15, 0.2) is 23.3 Å². The number of ether oxygens (including phenoxy) is 1. The molecule has 27 heavy (non-hydrogen) atoms. The Kier molecular flexibility index (Phi) is 5.15. The van der Waals surface area contributed by atoms with E-state index in [2.05, 4.69) is 30.6 Å². The largest absolute Gasteiger partial charge is 0.465 e. The van der Waals surface area contributed by atoms with Crippen molar-refractivity contribution < 1.29 is 22.7 Å². The van der Waals surface area contributed by atoms with Gasteiger partial charge in [0.25, 0.3) is 0 Å². The molecule has 0 atom stereocenters. The molecule has 0 aliphatic carbocycles. The van der Waals surface area contributed by atoms with Crippen LogP contribution in [0.3, 0.4) is 0 Å². The third kappa shape index (κ3) is 4.11. The molecule has 0 saturated heterocycles. The summed E-state index contributed by atoms with van der Waals surface area (Å²) in [6.07, 6.45) is 1.19. The maximum absolute atomic E-state index is 13.7. The van der Waals surface area contributed by atoms with Gasteiger partial charge in [0, 0.05) is 5.69 Å². The Bertz CT molecular complexity index is 983. The molecule has 0 amide bonds. The first-order valence-corrected chi connectivity index (χ1v) is 7.53. The molecule has 0 fully saturated rings. The van der Waals surface area contributed by atoms with Crippen molar-refractivity contribution >= 4 is 29.1 Å². The number of carbonyl (C=O) groups excluding carboxylic acids is 1. The second kappa shape index (κ2) is 7.68. The maximum atomic E-state index is 13.7. The molecule has 7 nitrogen and oxygen atoms in total. The molecule has 0 spiro atoms. The molecule has 3 aromatic rings. The van der Waals surface area contributed by atoms with Crippen LogP contribution in [0.1, 0.15) is 10.4 Å². The van der Waals surface area contributed by atoms with E-state index in [1.54, 1.807) is 24.3 Å². The first-order valence-electron chi connectivity index (χ1n) is 7.53. The number of methoxy groups -OCH3 is 1. The summed E-state index contributed by atoms with van der Waals surface area (Å²) in [5.41, 5.74) is 0.620. The van der Waals surface area contributed by atoms with Crippen molar-refractivity contribution in [2.24, 2.45) is 0 Å². The zero-order valence-corrected chi connectivity index (χ0v) is 13.8. The number of benzene rings is 2. The van der Waals surface area contributed by atoms with Crippen LogP contribution in [0.2, 0.25) is 0 Å². The molecule has 0 aliphatic rings. The summed E-state index contributed by atoms with van der Waals surface area (Å²) in [5.74, 6) is -4.61. The Labute approximate surface area is 151 Å². The molecule has 0 aliphatic heterocycles. The number of carbonyl (C=O) groups is 1. The smallest absolute Gasteiger partial charge is 0.337 e. The summed E-state index contributed by atoms with van der Waals surface area (Å²) in [7, 11) is 1.28. The van der Waals surface area contributed by atoms with Gasteiger partial charge < -0.3 is 15.4 Å². The molecular weight excluding hydrogens is 363 g/mol. The van der Waals surface area contributed by atoms with E-state index in [-0.39, 0.29) is 17.5 Å². The van der Waals surface area contributed by atoms with Gasteiger partial charge in [-0.3, -0.25) is 0 Å². The standard InChI is InChI=1S/C17H12F3N5O2/c1-27-16(26)9-2-4-10(5-3-9)22-17-24-13(8-21-25-17)23-12-7-6-11(18)14(19)15(12)20/h2-8H,1H3,(H2,22,23,24,25). The van der Waals surface area contributed by atoms with E-state index >= 15 is 0 Å². The fourth-order valence-electron chi connectivity index (χ4n) is 2.11. The highest BCUT2D eigenvalue weighted by atomic mass is 19.2. The third-order valence-corrected chi connectivity index (χ3v) is 3.42. The van der Waals surface area contributed by atoms with Gasteiger partial charge in [-0.2, -0.15) is 10.1 Å². The van der Waals surface area contributed by atoms with Crippen LogP contribution in [0, 0.1) is 17.5 Å². The SMILES string of the molecule is COC(=O)c1ccc(Nc2nncc(Nc3ccc(F)c(F)c3F)n2)cc1. The minimum Gasteiger partial charge on any atom is -0.465 e. The Hall–Kier alpha value is -3.69. The van der Waals surface area contributed by atoms with Crippen molar-refractivity contribution in [3.8, 4) is 0 Å². The Morgan fingerprint density at radius 3 is 2.44 bits per heavy atom. The number of nitrogens with zero attached hydrogens (tertiary/aromatic N) is 3. The van der Waals surface area contributed by atoms with Crippen LogP contribution in [-0.2, 0) is 4.74 Å². The number of anilines is 4. The Morgan fingerprint density at radius 2 is 1.74 bits per heavy atom. The summed E-state index contributed by atoms with van der Waals surface area (Å²) in [6, 6.07) is 8.11. The van der Waals surface area contributed by atoms with E-state index < -0.39 is 23.4 Å². The highest BCUT2D eigenvalue weighted by Gasteiger charge is 2.14. The lowest BCUT2D eigenvalue weighted by Gasteiger charge is -2.09. The van der Waals surface area contributed by atoms with Gasteiger partial charge in [0.05, 0.1) is 24.6 Å². The zero-order chi connectivity index (χ0) is 19.4. The summed E-state index contributed by atoms with van der Waals surface area (Å²) >= 11 is 0. The van der Waals surface area contributed by atoms with Crippen LogP contribution in [0.4, 0.5) is 36.3 Å². The van der Waals surface area contributed by atoms with Crippen LogP contribution in [0.15, 0.2) is 42.6 Å². The molecule has 0 unspecified atom stereocenters. The minimum absolute atomic E-state index is 0.0589. The first kappa shape index (κ1) is 18.1. The number of halogens is 3. The van der Waals surface area contributed by atoms with Crippen LogP contribution < -0.4 is 10.6 Å². The van der Waals surface area contributed by atoms with Crippen molar-refractivity contribution in [3.05, 3.63) is 65.6 Å². The van der Waals surface area contributed by atoms with E-state index in [0.29, 0.717) is 11.3 Å². The fourth-order valence-corrected chi connectivity index (χ4v) is 2.11. The lowest BCUT2D eigenvalue weighted by atomic mass is 10.2. The van der Waals surface area contributed by atoms with Crippen LogP contribution >= 0.6 is 0 Å². The summed E-state index contributed by atoms with van der Waals surface area (Å²) in [5, 5.41) is 12.8. The molecule has 0 saturated carbocycles. The summed E-state index contributed by atoms with van der Waals surface area (Å²) in [4.78, 5) is 15.5. The van der Waals surface area contributed by atoms with E-state index in [9.17, 15) is 18.0 Å². The predicted octanol–water partition coefficient (Wildman–Crippen LogP) is 3.56. The molecule has 2 N–H and O–H groups in total. The molecule has 3 rings (SSSR count). The van der Waals surface area contributed by atoms with Crippen LogP contribution in [0.25, 0.3) is 0 Å². The molecule has 10 heteroatoms. The highest BCUT2D eigenvalue weighted by molar-refractivity contribution is 5.89. The normalized spacial score (nSPS) is 10.4. The molecule has 1 aromatic heterocycles. The van der Waals surface area contributed by atoms with E-state index in [1.165, 1.54) is 13.3 Å². The molecule has 0 radical (unpaired) electrons. The van der Waals surface area contributed by atoms with E-state index in [4.69, 9.17) is 0 Å². The lowest BCUT2D eigenvalue weighted by Crippen LogP contribution is -2.05. The van der Waals surface area contributed by atoms with Gasteiger partial charge in [-0.1, -0.05) is 0 Å². The molecule has 0 bridgehead atoms. The Balaban J connectivity index is 1.76. The number of hydrogen-bond donors (Lipinski definition) is 2. The average molecular weight is 375 g/mol. The van der Waals surface area contributed by atoms with E-state index in [1.807, 2.05) is 0 Å². The van der Waals surface area contributed by atoms with Gasteiger partial charge in [-0.25, -0.2) is 18.0 Å². The molecule has 138 valence electrons. The summed E-state index contributed by atoms with van der Waals surface area (Å²) in [6.45, 7) is 0. The van der Waals surface area contributed by atoms with Gasteiger partial charge in [-0.15, -0.1) is 5.10 Å². The first-order chi connectivity index (χ1) is 13.0. The number of nitrogens with one attached hydrogen (secondary N) is 2. The number of aromatic nitrogens is 3. The molecule has 1 heterocycles. The van der Waals surface area contributed by atoms with Crippen molar-refractivity contribution in [1.29, 1.82) is 0 Å². The second-order valence-electron chi connectivity index (χ2n) is 5.21. The summed E-state index contributed by atoms with van der Waals surface area (Å²) < 4.78 is 44.6. The van der Waals surface area contributed by atoms with Crippen molar-refractivity contribution in [3.63, 3.8) is 0 Å². The monoisotopic (exact) mass is 375 g/mol. The van der Waals surface area contributed by atoms with Gasteiger partial charge in [0.2, 0.25) is 5.95 Å². The minimum atomic E-state index is -1.59. The number of rotatable bonds is 5. The van der Waals surface area contributed by atoms with Crippen LogP contribution in [0.5, 0.6) is 0 Å². The number of hydrogen-bond acceptors (Lipinski definition) is 7. The second-order valence-corrected chi connectivity index (χ2v) is 5.21. The highest BCUT2D eigenvalue weighted by Crippen LogP contribution is 2.23. The van der Waals surface area contributed by atoms with Gasteiger partial charge in [0.1, 0.15) is 0 Å². The van der Waals surface area contributed by atoms with Crippen LogP contribution in [-0.4, -0.2) is 28.3 Å². The van der Waals surface area contributed by atoms with E-state index in [0.717, 1.165) is 12.1 Å².